The van der Waals surface area contributed by atoms with Crippen LogP contribution in [0, 0.1) is 0 Å². The normalized spacial score (nSPS) is 20.1. The Bertz CT molecular complexity index is 619. The number of nitrogens with one attached hydrogen (secondary N) is 2. The number of rotatable bonds is 5. The van der Waals surface area contributed by atoms with Gasteiger partial charge in [0.25, 0.3) is 0 Å². The first-order valence-corrected chi connectivity index (χ1v) is 9.82. The molecule has 0 aliphatic carbocycles. The number of amides is 2. The van der Waals surface area contributed by atoms with Crippen molar-refractivity contribution in [3.05, 3.63) is 35.9 Å². The smallest absolute Gasteiger partial charge is 0.318 e. The van der Waals surface area contributed by atoms with Crippen LogP contribution in [-0.4, -0.2) is 44.7 Å². The lowest BCUT2D eigenvalue weighted by Crippen LogP contribution is -2.53. The molecule has 0 aromatic heterocycles. The van der Waals surface area contributed by atoms with Crippen LogP contribution in [0.5, 0.6) is 0 Å². The van der Waals surface area contributed by atoms with E-state index < -0.39 is 10.0 Å². The van der Waals surface area contributed by atoms with Crippen LogP contribution in [0.1, 0.15) is 37.8 Å². The monoisotopic (exact) mass is 339 g/mol. The van der Waals surface area contributed by atoms with Gasteiger partial charge in [0.15, 0.2) is 0 Å². The third-order valence-corrected chi connectivity index (χ3v) is 4.80. The maximum atomic E-state index is 12.6. The lowest BCUT2D eigenvalue weighted by Gasteiger charge is -2.36. The second-order valence-electron chi connectivity index (χ2n) is 6.05. The molecule has 0 bridgehead atoms. The fraction of sp³-hybridized carbons (Fsp3) is 0.562. The van der Waals surface area contributed by atoms with E-state index in [1.807, 2.05) is 37.3 Å². The van der Waals surface area contributed by atoms with Gasteiger partial charge in [0, 0.05) is 19.1 Å². The molecule has 2 amide bonds. The molecule has 0 unspecified atom stereocenters. The summed E-state index contributed by atoms with van der Waals surface area (Å²) in [7, 11) is -3.25. The van der Waals surface area contributed by atoms with E-state index in [0.717, 1.165) is 31.1 Å². The first-order chi connectivity index (χ1) is 10.9. The zero-order chi connectivity index (χ0) is 16.9. The third kappa shape index (κ3) is 5.51. The maximum Gasteiger partial charge on any atom is 0.318 e. The van der Waals surface area contributed by atoms with Gasteiger partial charge in [0.05, 0.1) is 12.3 Å². The predicted molar refractivity (Wildman–Crippen MR) is 90.6 cm³/mol. The standard InChI is InChI=1S/C16H25N3O3S/c1-13(14-8-4-3-5-9-14)18-16(20)19-11-7-6-10-15(19)12-17-23(2,21)22/h3-5,8-9,13,15,17H,6-7,10-12H2,1-2H3,(H,18,20)/t13-,15+/m0/s1. The van der Waals surface area contributed by atoms with E-state index in [1.54, 1.807) is 4.90 Å². The zero-order valence-electron chi connectivity index (χ0n) is 13.7. The number of urea groups is 1. The summed E-state index contributed by atoms with van der Waals surface area (Å²) in [6.07, 6.45) is 3.91. The molecule has 1 saturated heterocycles. The van der Waals surface area contributed by atoms with Crippen molar-refractivity contribution in [1.82, 2.24) is 14.9 Å². The summed E-state index contributed by atoms with van der Waals surface area (Å²) in [6.45, 7) is 2.87. The fourth-order valence-electron chi connectivity index (χ4n) is 2.82. The minimum Gasteiger partial charge on any atom is -0.331 e. The summed E-state index contributed by atoms with van der Waals surface area (Å²) in [6, 6.07) is 9.45. The third-order valence-electron chi connectivity index (χ3n) is 4.11. The molecule has 0 spiro atoms. The Kier molecular flexibility index (Phi) is 6.01. The van der Waals surface area contributed by atoms with Crippen LogP contribution in [0.3, 0.4) is 0 Å². The maximum absolute atomic E-state index is 12.6. The molecule has 2 N–H and O–H groups in total. The summed E-state index contributed by atoms with van der Waals surface area (Å²) in [5.74, 6) is 0. The van der Waals surface area contributed by atoms with Gasteiger partial charge in [-0.2, -0.15) is 0 Å². The molecule has 7 heteroatoms. The van der Waals surface area contributed by atoms with E-state index in [2.05, 4.69) is 10.0 Å². The lowest BCUT2D eigenvalue weighted by molar-refractivity contribution is 0.149. The number of piperidine rings is 1. The molecule has 0 radical (unpaired) electrons. The largest absolute Gasteiger partial charge is 0.331 e. The van der Waals surface area contributed by atoms with Crippen molar-refractivity contribution in [2.75, 3.05) is 19.3 Å². The highest BCUT2D eigenvalue weighted by Crippen LogP contribution is 2.18. The number of sulfonamides is 1. The quantitative estimate of drug-likeness (QED) is 0.859. The van der Waals surface area contributed by atoms with E-state index in [9.17, 15) is 13.2 Å². The number of likely N-dealkylation sites (tertiary alicyclic amines) is 1. The minimum atomic E-state index is -3.25. The lowest BCUT2D eigenvalue weighted by atomic mass is 10.0. The molecular formula is C16H25N3O3S. The number of benzene rings is 1. The van der Waals surface area contributed by atoms with Crippen molar-refractivity contribution >= 4 is 16.1 Å². The van der Waals surface area contributed by atoms with Gasteiger partial charge in [-0.3, -0.25) is 0 Å². The summed E-state index contributed by atoms with van der Waals surface area (Å²) in [5.41, 5.74) is 1.05. The highest BCUT2D eigenvalue weighted by atomic mass is 32.2. The van der Waals surface area contributed by atoms with Crippen LogP contribution in [0.15, 0.2) is 30.3 Å². The van der Waals surface area contributed by atoms with Gasteiger partial charge in [0.1, 0.15) is 0 Å². The van der Waals surface area contributed by atoms with Crippen LogP contribution < -0.4 is 10.0 Å². The van der Waals surface area contributed by atoms with Gasteiger partial charge in [0.2, 0.25) is 10.0 Å². The van der Waals surface area contributed by atoms with Crippen LogP contribution in [-0.2, 0) is 10.0 Å². The molecule has 1 heterocycles. The number of hydrogen-bond acceptors (Lipinski definition) is 3. The molecule has 1 aliphatic rings. The van der Waals surface area contributed by atoms with Gasteiger partial charge in [-0.15, -0.1) is 0 Å². The second kappa shape index (κ2) is 7.79. The van der Waals surface area contributed by atoms with E-state index in [1.165, 1.54) is 0 Å². The van der Waals surface area contributed by atoms with Crippen molar-refractivity contribution in [1.29, 1.82) is 0 Å². The van der Waals surface area contributed by atoms with Crippen LogP contribution in [0.2, 0.25) is 0 Å². The SMILES string of the molecule is C[C@H](NC(=O)N1CCCC[C@@H]1CNS(C)(=O)=O)c1ccccc1. The predicted octanol–water partition coefficient (Wildman–Crippen LogP) is 1.86. The van der Waals surface area contributed by atoms with Crippen molar-refractivity contribution in [3.63, 3.8) is 0 Å². The molecule has 1 aromatic carbocycles. The molecule has 23 heavy (non-hydrogen) atoms. The van der Waals surface area contributed by atoms with Crippen LogP contribution >= 0.6 is 0 Å². The van der Waals surface area contributed by atoms with E-state index in [-0.39, 0.29) is 24.7 Å². The number of hydrogen-bond donors (Lipinski definition) is 2. The van der Waals surface area contributed by atoms with Crippen molar-refractivity contribution in [3.8, 4) is 0 Å². The summed E-state index contributed by atoms with van der Waals surface area (Å²) in [5, 5.41) is 3.00. The average Bonchev–Trinajstić information content (AvgIpc) is 2.53. The van der Waals surface area contributed by atoms with Crippen molar-refractivity contribution in [2.45, 2.75) is 38.3 Å². The highest BCUT2D eigenvalue weighted by molar-refractivity contribution is 7.88. The Labute approximate surface area is 138 Å². The molecule has 128 valence electrons. The average molecular weight is 339 g/mol. The number of carbonyl (C=O) groups is 1. The van der Waals surface area contributed by atoms with Crippen molar-refractivity contribution in [2.24, 2.45) is 0 Å². The Morgan fingerprint density at radius 3 is 2.65 bits per heavy atom. The number of nitrogens with zero attached hydrogens (tertiary/aromatic N) is 1. The van der Waals surface area contributed by atoms with Gasteiger partial charge in [-0.25, -0.2) is 17.9 Å². The zero-order valence-corrected chi connectivity index (χ0v) is 14.5. The summed E-state index contributed by atoms with van der Waals surface area (Å²) >= 11 is 0. The molecule has 1 aliphatic heterocycles. The van der Waals surface area contributed by atoms with E-state index in [4.69, 9.17) is 0 Å². The van der Waals surface area contributed by atoms with Gasteiger partial charge < -0.3 is 10.2 Å². The van der Waals surface area contributed by atoms with Crippen LogP contribution in [0.4, 0.5) is 4.79 Å². The second-order valence-corrected chi connectivity index (χ2v) is 7.88. The molecule has 6 nitrogen and oxygen atoms in total. The van der Waals surface area contributed by atoms with Crippen LogP contribution in [0.25, 0.3) is 0 Å². The Balaban J connectivity index is 1.97. The van der Waals surface area contributed by atoms with Gasteiger partial charge in [-0.05, 0) is 31.7 Å². The number of carbonyl (C=O) groups excluding carboxylic acids is 1. The molecule has 0 saturated carbocycles. The fourth-order valence-corrected chi connectivity index (χ4v) is 3.32. The topological polar surface area (TPSA) is 78.5 Å². The molecular weight excluding hydrogens is 314 g/mol. The van der Waals surface area contributed by atoms with Gasteiger partial charge in [-0.1, -0.05) is 30.3 Å². The Morgan fingerprint density at radius 1 is 1.30 bits per heavy atom. The first kappa shape index (κ1) is 17.7. The minimum absolute atomic E-state index is 0.0888. The Hall–Kier alpha value is -1.60. The molecule has 2 rings (SSSR count). The molecule has 1 aromatic rings. The first-order valence-electron chi connectivity index (χ1n) is 7.93. The summed E-state index contributed by atoms with van der Waals surface area (Å²) in [4.78, 5) is 14.3. The Morgan fingerprint density at radius 2 is 2.00 bits per heavy atom. The molecule has 2 atom stereocenters. The van der Waals surface area contributed by atoms with Crippen molar-refractivity contribution < 1.29 is 13.2 Å². The summed E-state index contributed by atoms with van der Waals surface area (Å²) < 4.78 is 25.1. The van der Waals surface area contributed by atoms with E-state index >= 15 is 0 Å². The van der Waals surface area contributed by atoms with E-state index in [0.29, 0.717) is 6.54 Å². The highest BCUT2D eigenvalue weighted by Gasteiger charge is 2.28. The molecule has 1 fully saturated rings. The van der Waals surface area contributed by atoms with Gasteiger partial charge >= 0.3 is 6.03 Å².